The van der Waals surface area contributed by atoms with E-state index >= 15 is 0 Å². The van der Waals surface area contributed by atoms with Crippen molar-refractivity contribution < 1.29 is 0 Å². The van der Waals surface area contributed by atoms with Crippen molar-refractivity contribution in [2.75, 3.05) is 11.1 Å². The molecule has 0 aliphatic carbocycles. The van der Waals surface area contributed by atoms with Crippen molar-refractivity contribution in [3.63, 3.8) is 0 Å². The molecule has 0 unspecified atom stereocenters. The number of rotatable bonds is 2. The first-order valence-electron chi connectivity index (χ1n) is 5.45. The Hall–Kier alpha value is -1.67. The summed E-state index contributed by atoms with van der Waals surface area (Å²) >= 11 is 6.13. The fourth-order valence-corrected chi connectivity index (χ4v) is 1.81. The van der Waals surface area contributed by atoms with E-state index in [2.05, 4.69) is 5.32 Å². The molecule has 2 aromatic carbocycles. The van der Waals surface area contributed by atoms with Gasteiger partial charge in [0.25, 0.3) is 0 Å². The number of benzene rings is 2. The summed E-state index contributed by atoms with van der Waals surface area (Å²) in [6.45, 7) is 4.02. The number of halogens is 1. The SMILES string of the molecule is Cc1ccc(Cl)c(Nc2ccc(N)c(C)c2)c1. The summed E-state index contributed by atoms with van der Waals surface area (Å²) in [7, 11) is 0. The van der Waals surface area contributed by atoms with Crippen molar-refractivity contribution in [1.82, 2.24) is 0 Å². The molecule has 3 N–H and O–H groups in total. The normalized spacial score (nSPS) is 10.3. The van der Waals surface area contributed by atoms with Gasteiger partial charge in [-0.05, 0) is 55.3 Å². The van der Waals surface area contributed by atoms with Crippen LogP contribution in [0.1, 0.15) is 11.1 Å². The van der Waals surface area contributed by atoms with E-state index < -0.39 is 0 Å². The predicted octanol–water partition coefficient (Wildman–Crippen LogP) is 4.28. The quantitative estimate of drug-likeness (QED) is 0.776. The number of hydrogen-bond donors (Lipinski definition) is 2. The monoisotopic (exact) mass is 246 g/mol. The van der Waals surface area contributed by atoms with Gasteiger partial charge < -0.3 is 11.1 Å². The summed E-state index contributed by atoms with van der Waals surface area (Å²) in [5, 5.41) is 4.01. The molecule has 0 amide bonds. The number of anilines is 3. The molecule has 0 aromatic heterocycles. The largest absolute Gasteiger partial charge is 0.399 e. The molecular weight excluding hydrogens is 232 g/mol. The molecule has 2 rings (SSSR count). The van der Waals surface area contributed by atoms with E-state index in [4.69, 9.17) is 17.3 Å². The van der Waals surface area contributed by atoms with Crippen LogP contribution in [-0.2, 0) is 0 Å². The number of nitrogens with one attached hydrogen (secondary N) is 1. The Morgan fingerprint density at radius 2 is 1.82 bits per heavy atom. The van der Waals surface area contributed by atoms with Crippen LogP contribution in [0, 0.1) is 13.8 Å². The first-order chi connectivity index (χ1) is 8.06. The highest BCUT2D eigenvalue weighted by atomic mass is 35.5. The minimum absolute atomic E-state index is 0.713. The summed E-state index contributed by atoms with van der Waals surface area (Å²) in [4.78, 5) is 0. The topological polar surface area (TPSA) is 38.0 Å². The van der Waals surface area contributed by atoms with Crippen molar-refractivity contribution in [2.24, 2.45) is 0 Å². The Bertz CT molecular complexity index is 550. The van der Waals surface area contributed by atoms with Crippen molar-refractivity contribution in [2.45, 2.75) is 13.8 Å². The van der Waals surface area contributed by atoms with Gasteiger partial charge >= 0.3 is 0 Å². The van der Waals surface area contributed by atoms with Gasteiger partial charge in [0, 0.05) is 11.4 Å². The second kappa shape index (κ2) is 4.68. The van der Waals surface area contributed by atoms with Crippen LogP contribution in [0.2, 0.25) is 5.02 Å². The molecule has 0 fully saturated rings. The van der Waals surface area contributed by atoms with Gasteiger partial charge in [-0.1, -0.05) is 17.7 Å². The van der Waals surface area contributed by atoms with Gasteiger partial charge in [0.2, 0.25) is 0 Å². The van der Waals surface area contributed by atoms with E-state index in [0.717, 1.165) is 22.6 Å². The molecule has 2 aromatic rings. The third-order valence-electron chi connectivity index (χ3n) is 2.67. The lowest BCUT2D eigenvalue weighted by Crippen LogP contribution is -1.95. The molecule has 0 atom stereocenters. The molecular formula is C14H15ClN2. The minimum Gasteiger partial charge on any atom is -0.399 e. The zero-order chi connectivity index (χ0) is 12.4. The van der Waals surface area contributed by atoms with E-state index in [9.17, 15) is 0 Å². The summed E-state index contributed by atoms with van der Waals surface area (Å²) in [6.07, 6.45) is 0. The average Bonchev–Trinajstić information content (AvgIpc) is 2.29. The summed E-state index contributed by atoms with van der Waals surface area (Å²) in [6, 6.07) is 11.7. The molecule has 3 heteroatoms. The summed E-state index contributed by atoms with van der Waals surface area (Å²) < 4.78 is 0. The maximum absolute atomic E-state index is 6.13. The zero-order valence-electron chi connectivity index (χ0n) is 9.92. The third kappa shape index (κ3) is 2.71. The smallest absolute Gasteiger partial charge is 0.0641 e. The molecule has 0 saturated heterocycles. The van der Waals surface area contributed by atoms with Crippen LogP contribution in [0.25, 0.3) is 0 Å². The van der Waals surface area contributed by atoms with Gasteiger partial charge in [0.15, 0.2) is 0 Å². The first kappa shape index (κ1) is 11.8. The maximum atomic E-state index is 6.13. The van der Waals surface area contributed by atoms with E-state index in [-0.39, 0.29) is 0 Å². The number of nitrogens with two attached hydrogens (primary N) is 1. The third-order valence-corrected chi connectivity index (χ3v) is 3.00. The van der Waals surface area contributed by atoms with Gasteiger partial charge in [-0.3, -0.25) is 0 Å². The van der Waals surface area contributed by atoms with Crippen LogP contribution in [0.4, 0.5) is 17.1 Å². The fourth-order valence-electron chi connectivity index (χ4n) is 1.64. The van der Waals surface area contributed by atoms with Gasteiger partial charge in [-0.15, -0.1) is 0 Å². The molecule has 0 aliphatic heterocycles. The van der Waals surface area contributed by atoms with E-state index in [1.54, 1.807) is 0 Å². The van der Waals surface area contributed by atoms with Gasteiger partial charge in [0.05, 0.1) is 10.7 Å². The standard InChI is InChI=1S/C14H15ClN2/c1-9-3-5-12(15)14(7-9)17-11-4-6-13(16)10(2)8-11/h3-8,17H,16H2,1-2H3. The van der Waals surface area contributed by atoms with Crippen molar-refractivity contribution in [3.05, 3.63) is 52.5 Å². The summed E-state index contributed by atoms with van der Waals surface area (Å²) in [5.41, 5.74) is 10.7. The highest BCUT2D eigenvalue weighted by molar-refractivity contribution is 6.33. The van der Waals surface area contributed by atoms with E-state index in [0.29, 0.717) is 5.02 Å². The Kier molecular flexibility index (Phi) is 3.25. The molecule has 0 radical (unpaired) electrons. The van der Waals surface area contributed by atoms with Crippen LogP contribution in [0.3, 0.4) is 0 Å². The Morgan fingerprint density at radius 3 is 2.53 bits per heavy atom. The van der Waals surface area contributed by atoms with Crippen molar-refractivity contribution in [1.29, 1.82) is 0 Å². The van der Waals surface area contributed by atoms with Gasteiger partial charge in [-0.25, -0.2) is 0 Å². The van der Waals surface area contributed by atoms with Crippen LogP contribution in [-0.4, -0.2) is 0 Å². The Morgan fingerprint density at radius 1 is 1.06 bits per heavy atom. The lowest BCUT2D eigenvalue weighted by Gasteiger charge is -2.10. The zero-order valence-corrected chi connectivity index (χ0v) is 10.7. The second-order valence-electron chi connectivity index (χ2n) is 4.18. The first-order valence-corrected chi connectivity index (χ1v) is 5.83. The highest BCUT2D eigenvalue weighted by Crippen LogP contribution is 2.27. The summed E-state index contributed by atoms with van der Waals surface area (Å²) in [5.74, 6) is 0. The van der Waals surface area contributed by atoms with E-state index in [1.165, 1.54) is 5.56 Å². The Balaban J connectivity index is 2.31. The predicted molar refractivity (Wildman–Crippen MR) is 75.1 cm³/mol. The lowest BCUT2D eigenvalue weighted by atomic mass is 10.1. The maximum Gasteiger partial charge on any atom is 0.0641 e. The second-order valence-corrected chi connectivity index (χ2v) is 4.59. The Labute approximate surface area is 106 Å². The molecule has 17 heavy (non-hydrogen) atoms. The van der Waals surface area contributed by atoms with Crippen molar-refractivity contribution >= 4 is 28.7 Å². The highest BCUT2D eigenvalue weighted by Gasteiger charge is 2.02. The molecule has 0 saturated carbocycles. The molecule has 0 heterocycles. The van der Waals surface area contributed by atoms with Crippen molar-refractivity contribution in [3.8, 4) is 0 Å². The van der Waals surface area contributed by atoms with Gasteiger partial charge in [0.1, 0.15) is 0 Å². The molecule has 0 spiro atoms. The molecule has 2 nitrogen and oxygen atoms in total. The van der Waals surface area contributed by atoms with Gasteiger partial charge in [-0.2, -0.15) is 0 Å². The molecule has 88 valence electrons. The van der Waals surface area contributed by atoms with E-state index in [1.807, 2.05) is 50.2 Å². The minimum atomic E-state index is 0.713. The fraction of sp³-hybridized carbons (Fsp3) is 0.143. The number of nitrogen functional groups attached to an aromatic ring is 1. The lowest BCUT2D eigenvalue weighted by molar-refractivity contribution is 1.42. The molecule has 0 aliphatic rings. The van der Waals surface area contributed by atoms with Crippen LogP contribution in [0.5, 0.6) is 0 Å². The average molecular weight is 247 g/mol. The number of hydrogen-bond acceptors (Lipinski definition) is 2. The van der Waals surface area contributed by atoms with Crippen LogP contribution in [0.15, 0.2) is 36.4 Å². The van der Waals surface area contributed by atoms with Crippen LogP contribution < -0.4 is 11.1 Å². The number of aryl methyl sites for hydroxylation is 2. The van der Waals surface area contributed by atoms with Crippen LogP contribution >= 0.6 is 11.6 Å². The molecule has 0 bridgehead atoms.